The monoisotopic (exact) mass is 1450 g/mol. The maximum atomic E-state index is 14.3. The topological polar surface area (TPSA) is 374 Å². The number of rotatable bonds is 59. The molecule has 3 rings (SSSR count). The minimum atomic E-state index is -5.73. The van der Waals surface area contributed by atoms with Crippen LogP contribution in [-0.4, -0.2) is 204 Å². The molecule has 24 nitrogen and oxygen atoms in total. The van der Waals surface area contributed by atoms with Gasteiger partial charge in [0.1, 0.15) is 98.7 Å². The summed E-state index contributed by atoms with van der Waals surface area (Å²) in [5.41, 5.74) is 0. The predicted molar refractivity (Wildman–Crippen MR) is 379 cm³/mol. The van der Waals surface area contributed by atoms with Crippen molar-refractivity contribution in [1.29, 1.82) is 0 Å². The van der Waals surface area contributed by atoms with Gasteiger partial charge in [-0.25, -0.2) is 14.2 Å². The quantitative estimate of drug-likeness (QED) is 0.00673. The number of aliphatic hydroxyl groups is 10. The number of aliphatic hydroxyl groups excluding tert-OH is 10. The summed E-state index contributed by atoms with van der Waals surface area (Å²) in [5, 5.41) is 110. The smallest absolute Gasteiger partial charge is 0.460 e. The van der Waals surface area contributed by atoms with Gasteiger partial charge in [0.2, 0.25) is 0 Å². The van der Waals surface area contributed by atoms with Gasteiger partial charge in [0.15, 0.2) is 18.7 Å². The summed E-state index contributed by atoms with van der Waals surface area (Å²) in [5.74, 6) is -2.48. The number of hydrogen-bond donors (Lipinski definition) is 11. The molecule has 3 fully saturated rings. The van der Waals surface area contributed by atoms with E-state index in [0.717, 1.165) is 95.6 Å². The second-order valence-corrected chi connectivity index (χ2v) is 28.9. The predicted octanol–water partition coefficient (Wildman–Crippen LogP) is 10.8. The molecule has 25 heteroatoms. The molecule has 2 heterocycles. The molecule has 0 radical (unpaired) electrons. The van der Waals surface area contributed by atoms with Gasteiger partial charge in [0.25, 0.3) is 0 Å². The van der Waals surface area contributed by atoms with Gasteiger partial charge in [-0.3, -0.25) is 13.8 Å². The molecule has 0 spiro atoms. The summed E-state index contributed by atoms with van der Waals surface area (Å²) in [6, 6.07) is 0. The van der Waals surface area contributed by atoms with Crippen LogP contribution < -0.4 is 0 Å². The summed E-state index contributed by atoms with van der Waals surface area (Å²) >= 11 is 0. The van der Waals surface area contributed by atoms with Gasteiger partial charge in [0, 0.05) is 18.6 Å². The van der Waals surface area contributed by atoms with Crippen molar-refractivity contribution in [2.24, 2.45) is 0 Å². The standard InChI is InChI=1S/C75H133O24P/c1-4-7-10-13-16-19-22-25-28-31-34-37-40-43-46-49-59(77)91-53-56(94-61(79)51-48-45-42-39-36-33-30-27-24-21-18-15-12-9-6-3)54-93-100(89,90)99-73-71(97-74-69(87)64(82)62(80)57(52-76)95-74)67(85)66(84)68(86)72(73)98-75-70(88)65(83)63(81)58(96-75)55-92-60(78)50-47-44-41-38-35-32-29-26-23-20-17-14-11-8-5-2/h40-41,43-44,46-47,49-50,56-58,62-76,80-88H,4-39,42,45,48,51-55H2,1-3H3,(H,89,90)/b43-40+,44-41+,49-46+,50-47+. The molecule has 0 aromatic carbocycles. The van der Waals surface area contributed by atoms with Crippen LogP contribution in [0.1, 0.15) is 278 Å². The maximum Gasteiger partial charge on any atom is 0.472 e. The summed E-state index contributed by atoms with van der Waals surface area (Å²) < 4.78 is 64.6. The molecule has 2 saturated heterocycles. The fourth-order valence-corrected chi connectivity index (χ4v) is 13.5. The molecule has 2 aliphatic heterocycles. The maximum absolute atomic E-state index is 14.3. The van der Waals surface area contributed by atoms with Gasteiger partial charge in [-0.15, -0.1) is 0 Å². The molecule has 0 bridgehead atoms. The van der Waals surface area contributed by atoms with E-state index in [9.17, 15) is 74.9 Å². The van der Waals surface area contributed by atoms with Crippen molar-refractivity contribution in [2.75, 3.05) is 26.4 Å². The number of esters is 3. The summed E-state index contributed by atoms with van der Waals surface area (Å²) in [4.78, 5) is 50.8. The van der Waals surface area contributed by atoms with Crippen molar-refractivity contribution in [3.8, 4) is 0 Å². The molecule has 0 aromatic rings. The van der Waals surface area contributed by atoms with E-state index in [-0.39, 0.29) is 6.42 Å². The van der Waals surface area contributed by atoms with Crippen LogP contribution in [0.15, 0.2) is 48.6 Å². The van der Waals surface area contributed by atoms with Crippen LogP contribution in [0.3, 0.4) is 0 Å². The van der Waals surface area contributed by atoms with Crippen molar-refractivity contribution in [3.63, 3.8) is 0 Å². The van der Waals surface area contributed by atoms with Gasteiger partial charge >= 0.3 is 25.7 Å². The Hall–Kier alpha value is -3.08. The minimum absolute atomic E-state index is 0.0612. The number of phosphoric acid groups is 1. The largest absolute Gasteiger partial charge is 0.472 e. The van der Waals surface area contributed by atoms with Crippen LogP contribution in [0.4, 0.5) is 0 Å². The minimum Gasteiger partial charge on any atom is -0.460 e. The van der Waals surface area contributed by atoms with E-state index in [2.05, 4.69) is 20.8 Å². The van der Waals surface area contributed by atoms with Crippen LogP contribution in [0.25, 0.3) is 0 Å². The van der Waals surface area contributed by atoms with Gasteiger partial charge in [-0.2, -0.15) is 0 Å². The van der Waals surface area contributed by atoms with E-state index in [1.165, 1.54) is 173 Å². The van der Waals surface area contributed by atoms with E-state index < -0.39 is 156 Å². The lowest BCUT2D eigenvalue weighted by atomic mass is 9.84. The van der Waals surface area contributed by atoms with Gasteiger partial charge in [-0.05, 0) is 32.1 Å². The van der Waals surface area contributed by atoms with Gasteiger partial charge < -0.3 is 89.1 Å². The lowest BCUT2D eigenvalue weighted by molar-refractivity contribution is -0.360. The zero-order chi connectivity index (χ0) is 73.2. The Bertz CT molecular complexity index is 2250. The summed E-state index contributed by atoms with van der Waals surface area (Å²) in [7, 11) is -5.73. The molecule has 0 aromatic heterocycles. The second-order valence-electron chi connectivity index (χ2n) is 27.5. The van der Waals surface area contributed by atoms with Crippen LogP contribution in [0.2, 0.25) is 0 Å². The Labute approximate surface area is 597 Å². The highest BCUT2D eigenvalue weighted by Crippen LogP contribution is 2.49. The lowest BCUT2D eigenvalue weighted by Gasteiger charge is -2.49. The Balaban J connectivity index is 1.76. The van der Waals surface area contributed by atoms with Crippen LogP contribution in [0.5, 0.6) is 0 Å². The highest BCUT2D eigenvalue weighted by atomic mass is 31.2. The van der Waals surface area contributed by atoms with Crippen molar-refractivity contribution < 1.29 is 117 Å². The first-order chi connectivity index (χ1) is 48.3. The van der Waals surface area contributed by atoms with Gasteiger partial charge in [0.05, 0.1) is 13.2 Å². The number of carbonyl (C=O) groups excluding carboxylic acids is 3. The van der Waals surface area contributed by atoms with E-state index in [0.29, 0.717) is 6.42 Å². The highest BCUT2D eigenvalue weighted by Gasteiger charge is 2.58. The zero-order valence-corrected chi connectivity index (χ0v) is 61.6. The fraction of sp³-hybridized carbons (Fsp3) is 0.853. The molecule has 0 amide bonds. The van der Waals surface area contributed by atoms with E-state index in [4.69, 9.17) is 42.2 Å². The number of ether oxygens (including phenoxy) is 7. The number of carbonyl (C=O) groups is 3. The van der Waals surface area contributed by atoms with Crippen molar-refractivity contribution >= 4 is 25.7 Å². The zero-order valence-electron chi connectivity index (χ0n) is 60.7. The molecule has 11 N–H and O–H groups in total. The first kappa shape index (κ1) is 91.1. The Kier molecular flexibility index (Phi) is 51.3. The highest BCUT2D eigenvalue weighted by molar-refractivity contribution is 7.47. The fourth-order valence-electron chi connectivity index (χ4n) is 12.5. The molecule has 100 heavy (non-hydrogen) atoms. The number of hydrogen-bond acceptors (Lipinski definition) is 23. The molecule has 3 aliphatic rings. The van der Waals surface area contributed by atoms with Crippen LogP contribution in [-0.2, 0) is 61.2 Å². The number of allylic oxidation sites excluding steroid dienone is 6. The molecule has 18 atom stereocenters. The first-order valence-corrected chi connectivity index (χ1v) is 40.0. The van der Waals surface area contributed by atoms with Gasteiger partial charge in [-0.1, -0.05) is 276 Å². The molecular formula is C75H133O24P. The van der Waals surface area contributed by atoms with Crippen molar-refractivity contribution in [3.05, 3.63) is 48.6 Å². The van der Waals surface area contributed by atoms with Crippen LogP contribution in [0, 0.1) is 0 Å². The van der Waals surface area contributed by atoms with Crippen molar-refractivity contribution in [1.82, 2.24) is 0 Å². The molecular weight excluding hydrogens is 1320 g/mol. The number of phosphoric ester groups is 1. The SMILES string of the molecule is CCCCCCCCCCCCC/C=C/C=C/C(=O)OCC(COP(=O)(O)OC1C(OC2OC(CO)C(O)C(O)C2O)C(O)C(O)C(O)C1OC1OC(COC(=O)/C=C/C=C/CCCCCCCCCCCCC)C(O)C(O)C1O)OC(=O)CCCCCCCCCCCCCCCCC. The average Bonchev–Trinajstić information content (AvgIpc) is 0.762. The van der Waals surface area contributed by atoms with E-state index in [1.54, 1.807) is 12.2 Å². The Morgan fingerprint density at radius 1 is 0.410 bits per heavy atom. The number of unbranched alkanes of at least 4 members (excludes halogenated alkanes) is 36. The second kappa shape index (κ2) is 56.3. The summed E-state index contributed by atoms with van der Waals surface area (Å²) in [6.07, 6.45) is 21.5. The Morgan fingerprint density at radius 3 is 1.16 bits per heavy atom. The van der Waals surface area contributed by atoms with E-state index in [1.807, 2.05) is 12.2 Å². The van der Waals surface area contributed by atoms with Crippen molar-refractivity contribution in [2.45, 2.75) is 382 Å². The summed E-state index contributed by atoms with van der Waals surface area (Å²) in [6.45, 7) is 3.25. The Morgan fingerprint density at radius 2 is 0.760 bits per heavy atom. The molecule has 1 saturated carbocycles. The third kappa shape index (κ3) is 38.8. The third-order valence-electron chi connectivity index (χ3n) is 18.8. The van der Waals surface area contributed by atoms with Crippen LogP contribution >= 0.6 is 7.82 Å². The average molecular weight is 1450 g/mol. The normalized spacial score (nSPS) is 27.6. The molecule has 582 valence electrons. The molecule has 18 unspecified atom stereocenters. The third-order valence-corrected chi connectivity index (χ3v) is 19.8. The lowest BCUT2D eigenvalue weighted by Crippen LogP contribution is -2.69. The van der Waals surface area contributed by atoms with E-state index >= 15 is 0 Å². The first-order valence-electron chi connectivity index (χ1n) is 38.5. The molecule has 1 aliphatic carbocycles.